The normalized spacial score (nSPS) is 10.9. The van der Waals surface area contributed by atoms with Gasteiger partial charge in [-0.05, 0) is 42.8 Å². The maximum atomic E-state index is 13.1. The van der Waals surface area contributed by atoms with Crippen LogP contribution in [0.2, 0.25) is 0 Å². The number of amides is 1. The van der Waals surface area contributed by atoms with E-state index in [2.05, 4.69) is 15.4 Å². The zero-order chi connectivity index (χ0) is 21.3. The first kappa shape index (κ1) is 19.4. The highest BCUT2D eigenvalue weighted by atomic mass is 16.5. The standard InChI is InChI=1S/C22H20N4O4/c1-13-19-16(11-17(18-5-4-10-30-18)24-20(19)26(2)25-13)21(27)23-12-14-6-8-15(9-7-14)22(28)29-3/h4-11H,12H2,1-3H3,(H,23,27). The van der Waals surface area contributed by atoms with Crippen molar-refractivity contribution in [1.82, 2.24) is 20.1 Å². The van der Waals surface area contributed by atoms with Crippen LogP contribution in [-0.4, -0.2) is 33.8 Å². The Balaban J connectivity index is 1.63. The molecule has 0 aliphatic rings. The van der Waals surface area contributed by atoms with Crippen LogP contribution in [0.4, 0.5) is 0 Å². The number of hydrogen-bond acceptors (Lipinski definition) is 6. The molecular weight excluding hydrogens is 384 g/mol. The van der Waals surface area contributed by atoms with E-state index in [1.807, 2.05) is 6.92 Å². The van der Waals surface area contributed by atoms with E-state index in [0.29, 0.717) is 40.2 Å². The number of ether oxygens (including phenoxy) is 1. The number of pyridine rings is 1. The third-order valence-electron chi connectivity index (χ3n) is 4.82. The summed E-state index contributed by atoms with van der Waals surface area (Å²) in [5.74, 6) is -0.0752. The van der Waals surface area contributed by atoms with E-state index in [1.54, 1.807) is 60.5 Å². The molecule has 0 unspecified atom stereocenters. The summed E-state index contributed by atoms with van der Waals surface area (Å²) in [5, 5.41) is 8.04. The van der Waals surface area contributed by atoms with Gasteiger partial charge in [0, 0.05) is 13.6 Å². The van der Waals surface area contributed by atoms with Crippen LogP contribution in [0, 0.1) is 6.92 Å². The van der Waals surface area contributed by atoms with Gasteiger partial charge < -0.3 is 14.5 Å². The molecule has 0 radical (unpaired) electrons. The molecule has 3 aromatic heterocycles. The number of rotatable bonds is 5. The molecular formula is C22H20N4O4. The minimum absolute atomic E-state index is 0.247. The average molecular weight is 404 g/mol. The molecule has 0 saturated carbocycles. The molecule has 0 bridgehead atoms. The van der Waals surface area contributed by atoms with Gasteiger partial charge in [-0.25, -0.2) is 9.78 Å². The van der Waals surface area contributed by atoms with E-state index in [-0.39, 0.29) is 5.91 Å². The van der Waals surface area contributed by atoms with Crippen molar-refractivity contribution in [2.24, 2.45) is 7.05 Å². The van der Waals surface area contributed by atoms with Crippen LogP contribution >= 0.6 is 0 Å². The van der Waals surface area contributed by atoms with Crippen LogP contribution in [0.3, 0.4) is 0 Å². The molecule has 152 valence electrons. The third kappa shape index (κ3) is 3.55. The highest BCUT2D eigenvalue weighted by Gasteiger charge is 2.20. The second kappa shape index (κ2) is 7.82. The van der Waals surface area contributed by atoms with Gasteiger partial charge in [-0.2, -0.15) is 5.10 Å². The number of fused-ring (bicyclic) bond motifs is 1. The Morgan fingerprint density at radius 2 is 1.97 bits per heavy atom. The number of furan rings is 1. The number of carbonyl (C=O) groups excluding carboxylic acids is 2. The first-order valence-electron chi connectivity index (χ1n) is 9.31. The van der Waals surface area contributed by atoms with Gasteiger partial charge in [-0.15, -0.1) is 0 Å². The van der Waals surface area contributed by atoms with Crippen LogP contribution in [0.25, 0.3) is 22.5 Å². The Kier molecular flexibility index (Phi) is 5.05. The molecule has 0 saturated heterocycles. The van der Waals surface area contributed by atoms with Gasteiger partial charge in [-0.1, -0.05) is 12.1 Å². The molecule has 4 rings (SSSR count). The molecule has 1 amide bonds. The van der Waals surface area contributed by atoms with Crippen LogP contribution in [0.15, 0.2) is 53.1 Å². The van der Waals surface area contributed by atoms with Crippen LogP contribution in [0.5, 0.6) is 0 Å². The lowest BCUT2D eigenvalue weighted by atomic mass is 10.1. The number of nitrogens with one attached hydrogen (secondary N) is 1. The minimum Gasteiger partial charge on any atom is -0.465 e. The molecule has 8 nitrogen and oxygen atoms in total. The molecule has 0 atom stereocenters. The number of methoxy groups -OCH3 is 1. The largest absolute Gasteiger partial charge is 0.465 e. The summed E-state index contributed by atoms with van der Waals surface area (Å²) in [6, 6.07) is 12.2. The first-order valence-corrected chi connectivity index (χ1v) is 9.31. The SMILES string of the molecule is COC(=O)c1ccc(CNC(=O)c2cc(-c3ccco3)nc3c2c(C)nn3C)cc1. The third-order valence-corrected chi connectivity index (χ3v) is 4.82. The summed E-state index contributed by atoms with van der Waals surface area (Å²) in [6.07, 6.45) is 1.56. The number of esters is 1. The van der Waals surface area contributed by atoms with Crippen LogP contribution < -0.4 is 5.32 Å². The summed E-state index contributed by atoms with van der Waals surface area (Å²) in [7, 11) is 3.13. The van der Waals surface area contributed by atoms with Crippen molar-refractivity contribution in [3.05, 3.63) is 71.1 Å². The number of carbonyl (C=O) groups is 2. The molecule has 0 aliphatic heterocycles. The molecule has 0 spiro atoms. The number of nitrogens with zero attached hydrogens (tertiary/aromatic N) is 3. The zero-order valence-corrected chi connectivity index (χ0v) is 16.8. The van der Waals surface area contributed by atoms with Crippen molar-refractivity contribution in [2.45, 2.75) is 13.5 Å². The van der Waals surface area contributed by atoms with Crippen molar-refractivity contribution in [3.8, 4) is 11.5 Å². The van der Waals surface area contributed by atoms with Crippen molar-refractivity contribution in [1.29, 1.82) is 0 Å². The van der Waals surface area contributed by atoms with Gasteiger partial charge in [0.15, 0.2) is 11.4 Å². The fourth-order valence-electron chi connectivity index (χ4n) is 3.33. The van der Waals surface area contributed by atoms with E-state index in [4.69, 9.17) is 9.15 Å². The monoisotopic (exact) mass is 404 g/mol. The average Bonchev–Trinajstić information content (AvgIpc) is 3.40. The Morgan fingerprint density at radius 3 is 2.63 bits per heavy atom. The maximum absolute atomic E-state index is 13.1. The van der Waals surface area contributed by atoms with Gasteiger partial charge in [0.05, 0.1) is 35.6 Å². The number of aryl methyl sites for hydroxylation is 2. The number of benzene rings is 1. The fraction of sp³-hybridized carbons (Fsp3) is 0.182. The van der Waals surface area contributed by atoms with Crippen molar-refractivity contribution >= 4 is 22.9 Å². The summed E-state index contributed by atoms with van der Waals surface area (Å²) >= 11 is 0. The van der Waals surface area contributed by atoms with Crippen molar-refractivity contribution < 1.29 is 18.7 Å². The lowest BCUT2D eigenvalue weighted by Gasteiger charge is -2.09. The van der Waals surface area contributed by atoms with Crippen molar-refractivity contribution in [3.63, 3.8) is 0 Å². The van der Waals surface area contributed by atoms with Gasteiger partial charge >= 0.3 is 5.97 Å². The highest BCUT2D eigenvalue weighted by molar-refractivity contribution is 6.07. The summed E-state index contributed by atoms with van der Waals surface area (Å²) in [6.45, 7) is 2.15. The van der Waals surface area contributed by atoms with E-state index in [9.17, 15) is 9.59 Å². The Bertz CT molecular complexity index is 1220. The van der Waals surface area contributed by atoms with E-state index in [0.717, 1.165) is 11.3 Å². The maximum Gasteiger partial charge on any atom is 0.337 e. The lowest BCUT2D eigenvalue weighted by molar-refractivity contribution is 0.0600. The Labute approximate surface area is 172 Å². The zero-order valence-electron chi connectivity index (χ0n) is 16.8. The van der Waals surface area contributed by atoms with Gasteiger partial charge in [0.1, 0.15) is 5.69 Å². The fourth-order valence-corrected chi connectivity index (χ4v) is 3.33. The van der Waals surface area contributed by atoms with E-state index < -0.39 is 5.97 Å². The van der Waals surface area contributed by atoms with Crippen LogP contribution in [0.1, 0.15) is 32.0 Å². The molecule has 3 heterocycles. The predicted molar refractivity (Wildman–Crippen MR) is 110 cm³/mol. The minimum atomic E-state index is -0.401. The molecule has 4 aromatic rings. The molecule has 0 fully saturated rings. The van der Waals surface area contributed by atoms with Crippen molar-refractivity contribution in [2.75, 3.05) is 7.11 Å². The van der Waals surface area contributed by atoms with Gasteiger partial charge in [0.2, 0.25) is 0 Å². The van der Waals surface area contributed by atoms with Gasteiger partial charge in [-0.3, -0.25) is 9.48 Å². The quantitative estimate of drug-likeness (QED) is 0.513. The van der Waals surface area contributed by atoms with Crippen LogP contribution in [-0.2, 0) is 18.3 Å². The molecule has 30 heavy (non-hydrogen) atoms. The number of aromatic nitrogens is 3. The lowest BCUT2D eigenvalue weighted by Crippen LogP contribution is -2.23. The first-order chi connectivity index (χ1) is 14.5. The summed E-state index contributed by atoms with van der Waals surface area (Å²) in [5.41, 5.74) is 3.67. The molecule has 8 heteroatoms. The highest BCUT2D eigenvalue weighted by Crippen LogP contribution is 2.27. The molecule has 1 N–H and O–H groups in total. The second-order valence-electron chi connectivity index (χ2n) is 6.81. The summed E-state index contributed by atoms with van der Waals surface area (Å²) < 4.78 is 11.8. The smallest absolute Gasteiger partial charge is 0.337 e. The summed E-state index contributed by atoms with van der Waals surface area (Å²) in [4.78, 5) is 29.2. The topological polar surface area (TPSA) is 99.2 Å². The van der Waals surface area contributed by atoms with E-state index in [1.165, 1.54) is 7.11 Å². The Morgan fingerprint density at radius 1 is 1.20 bits per heavy atom. The van der Waals surface area contributed by atoms with E-state index >= 15 is 0 Å². The molecule has 1 aromatic carbocycles. The Hall–Kier alpha value is -3.94. The molecule has 0 aliphatic carbocycles. The second-order valence-corrected chi connectivity index (χ2v) is 6.81. The number of hydrogen-bond donors (Lipinski definition) is 1. The predicted octanol–water partition coefficient (Wildman–Crippen LogP) is 3.25. The van der Waals surface area contributed by atoms with Gasteiger partial charge in [0.25, 0.3) is 5.91 Å².